The fraction of sp³-hybridized carbons (Fsp3) is 0.692. The lowest BCUT2D eigenvalue weighted by atomic mass is 10.4. The third-order valence-corrected chi connectivity index (χ3v) is 6.44. The third kappa shape index (κ3) is 5.44. The van der Waals surface area contributed by atoms with Crippen molar-refractivity contribution in [3.63, 3.8) is 0 Å². The molecule has 1 heterocycles. The molecule has 0 aliphatic heterocycles. The number of anilines is 1. The number of carbonyl (C=O) groups excluding carboxylic acids is 1. The Balaban J connectivity index is 3.30. The van der Waals surface area contributed by atoms with E-state index >= 15 is 0 Å². The van der Waals surface area contributed by atoms with E-state index in [0.29, 0.717) is 5.69 Å². The van der Waals surface area contributed by atoms with E-state index in [1.165, 1.54) is 0 Å². The first-order valence-electron chi connectivity index (χ1n) is 7.39. The molecule has 1 aromatic heterocycles. The molecule has 8 heteroatoms. The van der Waals surface area contributed by atoms with Gasteiger partial charge < -0.3 is 14.2 Å². The van der Waals surface area contributed by atoms with Gasteiger partial charge in [-0.05, 0) is 0 Å². The Labute approximate surface area is 131 Å². The summed E-state index contributed by atoms with van der Waals surface area (Å²) in [6.07, 6.45) is 1.83. The molecular formula is C13H30N4OSi3. The first-order valence-corrected chi connectivity index (χ1v) is 17.8. The molecule has 0 saturated carbocycles. The number of carbonyl (C=O) groups is 1. The summed E-state index contributed by atoms with van der Waals surface area (Å²) in [7, 11) is -4.93. The van der Waals surface area contributed by atoms with Crippen LogP contribution in [-0.4, -0.2) is 39.8 Å². The maximum absolute atomic E-state index is 12.8. The van der Waals surface area contributed by atoms with Crippen LogP contribution in [0, 0.1) is 0 Å². The maximum atomic E-state index is 12.8. The summed E-state index contributed by atoms with van der Waals surface area (Å²) in [4.78, 5) is 23.9. The lowest BCUT2D eigenvalue weighted by molar-refractivity contribution is 0.0973. The van der Waals surface area contributed by atoms with Crippen molar-refractivity contribution in [1.29, 1.82) is 0 Å². The lowest BCUT2D eigenvalue weighted by Gasteiger charge is -2.25. The number of aromatic nitrogens is 2. The van der Waals surface area contributed by atoms with Crippen molar-refractivity contribution in [2.75, 3.05) is 4.98 Å². The fourth-order valence-electron chi connectivity index (χ4n) is 1.92. The highest BCUT2D eigenvalue weighted by Gasteiger charge is 2.30. The van der Waals surface area contributed by atoms with Gasteiger partial charge >= 0.3 is 0 Å². The summed E-state index contributed by atoms with van der Waals surface area (Å²) in [5, 5.41) is 0. The predicted octanol–water partition coefficient (Wildman–Crippen LogP) is 3.38. The molecule has 0 spiro atoms. The van der Waals surface area contributed by atoms with E-state index in [-0.39, 0.29) is 5.91 Å². The van der Waals surface area contributed by atoms with Crippen LogP contribution in [-0.2, 0) is 0 Å². The zero-order valence-electron chi connectivity index (χ0n) is 14.9. The van der Waals surface area contributed by atoms with Gasteiger partial charge in [0.05, 0.1) is 6.33 Å². The van der Waals surface area contributed by atoms with Gasteiger partial charge in [0.15, 0.2) is 8.24 Å². The highest BCUT2D eigenvalue weighted by molar-refractivity contribution is 6.79. The summed E-state index contributed by atoms with van der Waals surface area (Å²) in [6.45, 7) is 19.7. The predicted molar refractivity (Wildman–Crippen MR) is 98.8 cm³/mol. The Morgan fingerprint density at radius 2 is 1.52 bits per heavy atom. The zero-order valence-corrected chi connectivity index (χ0v) is 17.9. The molecule has 2 N–H and O–H groups in total. The molecule has 21 heavy (non-hydrogen) atoms. The summed E-state index contributed by atoms with van der Waals surface area (Å²) < 4.78 is 2.10. The molecule has 1 rings (SSSR count). The molecule has 0 aromatic carbocycles. The van der Waals surface area contributed by atoms with E-state index in [0.717, 1.165) is 5.82 Å². The topological polar surface area (TPSA) is 59.0 Å². The Kier molecular flexibility index (Phi) is 4.96. The molecule has 0 bridgehead atoms. The monoisotopic (exact) mass is 342 g/mol. The summed E-state index contributed by atoms with van der Waals surface area (Å²) in [5.74, 6) is 0.752. The van der Waals surface area contributed by atoms with E-state index < -0.39 is 24.7 Å². The molecule has 0 fully saturated rings. The van der Waals surface area contributed by atoms with Crippen molar-refractivity contribution < 1.29 is 4.79 Å². The average molecular weight is 343 g/mol. The zero-order chi connectivity index (χ0) is 16.6. The Morgan fingerprint density at radius 3 is 1.90 bits per heavy atom. The second-order valence-corrected chi connectivity index (χ2v) is 22.9. The van der Waals surface area contributed by atoms with Gasteiger partial charge in [-0.25, -0.2) is 4.98 Å². The minimum absolute atomic E-state index is 0.00911. The molecule has 5 nitrogen and oxygen atoms in total. The number of hydrogen-bond acceptors (Lipinski definition) is 3. The molecule has 0 aliphatic rings. The van der Waals surface area contributed by atoms with Crippen molar-refractivity contribution in [3.05, 3.63) is 12.0 Å². The molecule has 0 saturated heterocycles. The van der Waals surface area contributed by atoms with Gasteiger partial charge in [-0.15, -0.1) is 0 Å². The van der Waals surface area contributed by atoms with Crippen molar-refractivity contribution >= 4 is 36.4 Å². The lowest BCUT2D eigenvalue weighted by Crippen LogP contribution is -2.48. The summed E-state index contributed by atoms with van der Waals surface area (Å²) in [6, 6.07) is 0. The number of amides is 1. The molecule has 0 radical (unpaired) electrons. The van der Waals surface area contributed by atoms with Crippen LogP contribution in [0.15, 0.2) is 6.33 Å². The molecule has 0 atom stereocenters. The SMILES string of the molecule is C[Si](C)(C)NC(=O)c1c(N[Si](C)(C)C)ncn1[Si](C)(C)C. The Hall–Kier alpha value is -0.869. The van der Waals surface area contributed by atoms with E-state index in [1.54, 1.807) is 0 Å². The molecule has 1 aromatic rings. The fourth-order valence-corrected chi connectivity index (χ4v) is 4.90. The van der Waals surface area contributed by atoms with Gasteiger partial charge in [0.2, 0.25) is 0 Å². The van der Waals surface area contributed by atoms with Crippen molar-refractivity contribution in [1.82, 2.24) is 14.2 Å². The molecule has 1 amide bonds. The minimum atomic E-state index is -1.69. The van der Waals surface area contributed by atoms with Gasteiger partial charge in [0, 0.05) is 0 Å². The Bertz CT molecular complexity index is 521. The van der Waals surface area contributed by atoms with E-state index in [2.05, 4.69) is 78.1 Å². The van der Waals surface area contributed by atoms with E-state index in [4.69, 9.17) is 0 Å². The van der Waals surface area contributed by atoms with Gasteiger partial charge in [0.25, 0.3) is 5.91 Å². The first kappa shape index (κ1) is 18.2. The normalized spacial score (nSPS) is 13.2. The van der Waals surface area contributed by atoms with Crippen molar-refractivity contribution in [3.8, 4) is 0 Å². The van der Waals surface area contributed by atoms with Crippen molar-refractivity contribution in [2.45, 2.75) is 58.9 Å². The van der Waals surface area contributed by atoms with Crippen LogP contribution in [0.2, 0.25) is 58.9 Å². The maximum Gasteiger partial charge on any atom is 0.263 e. The van der Waals surface area contributed by atoms with Crippen LogP contribution in [0.3, 0.4) is 0 Å². The molecule has 120 valence electrons. The number of hydrogen-bond donors (Lipinski definition) is 2. The van der Waals surface area contributed by atoms with Gasteiger partial charge in [-0.2, -0.15) is 0 Å². The van der Waals surface area contributed by atoms with Gasteiger partial charge in [-0.1, -0.05) is 58.9 Å². The third-order valence-electron chi connectivity index (χ3n) is 2.69. The largest absolute Gasteiger partial charge is 0.394 e. The van der Waals surface area contributed by atoms with Crippen LogP contribution in [0.25, 0.3) is 0 Å². The van der Waals surface area contributed by atoms with Gasteiger partial charge in [-0.3, -0.25) is 4.79 Å². The molecule has 0 unspecified atom stereocenters. The van der Waals surface area contributed by atoms with Gasteiger partial charge in [0.1, 0.15) is 28.0 Å². The smallest absolute Gasteiger partial charge is 0.263 e. The Morgan fingerprint density at radius 1 is 1.00 bits per heavy atom. The minimum Gasteiger partial charge on any atom is -0.394 e. The second kappa shape index (κ2) is 5.73. The highest BCUT2D eigenvalue weighted by Crippen LogP contribution is 2.21. The highest BCUT2D eigenvalue weighted by atomic mass is 28.3. The number of imidazole rings is 1. The first-order chi connectivity index (χ1) is 9.21. The van der Waals surface area contributed by atoms with Crippen LogP contribution in [0.5, 0.6) is 0 Å². The van der Waals surface area contributed by atoms with Crippen LogP contribution in [0.4, 0.5) is 5.82 Å². The van der Waals surface area contributed by atoms with Crippen LogP contribution >= 0.6 is 0 Å². The summed E-state index contributed by atoms with van der Waals surface area (Å²) >= 11 is 0. The average Bonchev–Trinajstić information content (AvgIpc) is 2.54. The van der Waals surface area contributed by atoms with E-state index in [1.807, 2.05) is 6.33 Å². The summed E-state index contributed by atoms with van der Waals surface area (Å²) in [5.41, 5.74) is 0.707. The number of nitrogens with zero attached hydrogens (tertiary/aromatic N) is 2. The van der Waals surface area contributed by atoms with Crippen LogP contribution in [0.1, 0.15) is 10.5 Å². The standard InChI is InChI=1S/C13H30N4OSi3/c1-19(2,3)15-12-11(13(18)16-20(4,5)6)17(10-14-12)21(7,8)9/h10,15H,1-9H3,(H,16,18). The quantitative estimate of drug-likeness (QED) is 0.807. The van der Waals surface area contributed by atoms with E-state index in [9.17, 15) is 4.79 Å². The number of rotatable bonds is 5. The van der Waals surface area contributed by atoms with Crippen molar-refractivity contribution in [2.24, 2.45) is 0 Å². The number of nitrogens with one attached hydrogen (secondary N) is 2. The molecule has 0 aliphatic carbocycles. The molecular weight excluding hydrogens is 312 g/mol. The van der Waals surface area contributed by atoms with Crippen LogP contribution < -0.4 is 9.96 Å². The second-order valence-electron chi connectivity index (χ2n) is 8.56.